The van der Waals surface area contributed by atoms with Gasteiger partial charge in [0.1, 0.15) is 0 Å². The lowest BCUT2D eigenvalue weighted by Crippen LogP contribution is -2.41. The smallest absolute Gasteiger partial charge is 0.243 e. The first kappa shape index (κ1) is 22.2. The van der Waals surface area contributed by atoms with Crippen LogP contribution in [0.4, 0.5) is 5.82 Å². The second-order valence-electron chi connectivity index (χ2n) is 8.37. The summed E-state index contributed by atoms with van der Waals surface area (Å²) in [5.74, 6) is 0.465. The fourth-order valence-corrected chi connectivity index (χ4v) is 5.35. The van der Waals surface area contributed by atoms with Gasteiger partial charge in [-0.25, -0.2) is 13.1 Å². The summed E-state index contributed by atoms with van der Waals surface area (Å²) in [6.45, 7) is 4.80. The van der Waals surface area contributed by atoms with Crippen LogP contribution in [0.5, 0.6) is 0 Å². The summed E-state index contributed by atoms with van der Waals surface area (Å²) in [6.07, 6.45) is 2.76. The van der Waals surface area contributed by atoms with E-state index in [1.807, 2.05) is 42.5 Å². The second kappa shape index (κ2) is 9.26. The Morgan fingerprint density at radius 2 is 1.66 bits per heavy atom. The average molecular weight is 453 g/mol. The van der Waals surface area contributed by atoms with Gasteiger partial charge in [-0.15, -0.1) is 0 Å². The van der Waals surface area contributed by atoms with Crippen molar-refractivity contribution in [2.45, 2.75) is 37.5 Å². The number of hydrogen-bond donors (Lipinski definition) is 1. The fraction of sp³-hybridized carbons (Fsp3) is 0.333. The van der Waals surface area contributed by atoms with Crippen LogP contribution >= 0.6 is 0 Å². The summed E-state index contributed by atoms with van der Waals surface area (Å²) in [4.78, 5) is 13.0. The number of para-hydroxylation sites is 1. The normalized spacial score (nSPS) is 15.7. The maximum absolute atomic E-state index is 13.0. The number of anilines is 1. The van der Waals surface area contributed by atoms with Crippen molar-refractivity contribution < 1.29 is 13.2 Å². The van der Waals surface area contributed by atoms with Gasteiger partial charge >= 0.3 is 0 Å². The third kappa shape index (κ3) is 4.76. The lowest BCUT2D eigenvalue weighted by Gasteiger charge is -2.30. The zero-order valence-corrected chi connectivity index (χ0v) is 19.1. The van der Waals surface area contributed by atoms with E-state index in [4.69, 9.17) is 0 Å². The molecule has 1 aliphatic heterocycles. The molecule has 0 saturated carbocycles. The first-order valence-electron chi connectivity index (χ1n) is 10.9. The molecule has 0 atom stereocenters. The van der Waals surface area contributed by atoms with Gasteiger partial charge in [-0.1, -0.05) is 44.2 Å². The van der Waals surface area contributed by atoms with E-state index in [9.17, 15) is 13.2 Å². The maximum atomic E-state index is 13.0. The summed E-state index contributed by atoms with van der Waals surface area (Å²) < 4.78 is 29.2. The topological polar surface area (TPSA) is 84.3 Å². The van der Waals surface area contributed by atoms with Gasteiger partial charge in [0.25, 0.3) is 0 Å². The number of nitrogens with zero attached hydrogens (tertiary/aromatic N) is 3. The SMILES string of the molecule is CC(C)c1ccc(S(=O)(=O)N2CCC(C(=O)Nc3ccn(-c4ccccc4)n3)CC2)cc1. The van der Waals surface area contributed by atoms with Gasteiger partial charge in [-0.3, -0.25) is 4.79 Å². The number of hydrogen-bond acceptors (Lipinski definition) is 4. The lowest BCUT2D eigenvalue weighted by atomic mass is 9.97. The summed E-state index contributed by atoms with van der Waals surface area (Å²) in [5.41, 5.74) is 2.02. The minimum absolute atomic E-state index is 0.123. The molecule has 1 fully saturated rings. The first-order valence-corrected chi connectivity index (χ1v) is 12.3. The Labute approximate surface area is 189 Å². The highest BCUT2D eigenvalue weighted by atomic mass is 32.2. The number of carbonyl (C=O) groups is 1. The summed E-state index contributed by atoms with van der Waals surface area (Å²) in [5, 5.41) is 7.27. The first-order chi connectivity index (χ1) is 15.3. The Hall–Kier alpha value is -2.97. The van der Waals surface area contributed by atoms with Crippen LogP contribution in [0.1, 0.15) is 38.2 Å². The molecule has 3 aromatic rings. The monoisotopic (exact) mass is 452 g/mol. The minimum atomic E-state index is -3.55. The molecular formula is C24H28N4O3S. The molecule has 0 unspecified atom stereocenters. The van der Waals surface area contributed by atoms with Crippen molar-refractivity contribution in [3.63, 3.8) is 0 Å². The molecule has 2 aromatic carbocycles. The molecule has 7 nitrogen and oxygen atoms in total. The van der Waals surface area contributed by atoms with Gasteiger partial charge in [-0.2, -0.15) is 9.40 Å². The van der Waals surface area contributed by atoms with Crippen LogP contribution in [-0.2, 0) is 14.8 Å². The van der Waals surface area contributed by atoms with Crippen LogP contribution in [-0.4, -0.2) is 41.5 Å². The molecule has 0 radical (unpaired) electrons. The molecule has 1 amide bonds. The summed E-state index contributed by atoms with van der Waals surface area (Å²) in [7, 11) is -3.55. The van der Waals surface area contributed by atoms with Crippen molar-refractivity contribution in [2.24, 2.45) is 5.92 Å². The quantitative estimate of drug-likeness (QED) is 0.612. The molecule has 4 rings (SSSR count). The Morgan fingerprint density at radius 1 is 1.00 bits per heavy atom. The predicted molar refractivity (Wildman–Crippen MR) is 124 cm³/mol. The van der Waals surface area contributed by atoms with E-state index in [1.54, 1.807) is 29.1 Å². The standard InChI is InChI=1S/C24H28N4O3S/c1-18(2)19-8-10-22(11-9-19)32(30,31)27-15-12-20(13-16-27)24(29)25-23-14-17-28(26-23)21-6-4-3-5-7-21/h3-11,14,17-18,20H,12-13,15-16H2,1-2H3,(H,25,26,29). The molecule has 168 valence electrons. The molecule has 8 heteroatoms. The number of piperidine rings is 1. The van der Waals surface area contributed by atoms with Crippen molar-refractivity contribution in [3.8, 4) is 5.69 Å². The maximum Gasteiger partial charge on any atom is 0.243 e. The van der Waals surface area contributed by atoms with E-state index >= 15 is 0 Å². The van der Waals surface area contributed by atoms with Crippen LogP contribution in [0.2, 0.25) is 0 Å². The molecule has 32 heavy (non-hydrogen) atoms. The number of sulfonamides is 1. The van der Waals surface area contributed by atoms with Gasteiger partial charge in [0.2, 0.25) is 15.9 Å². The highest BCUT2D eigenvalue weighted by molar-refractivity contribution is 7.89. The Morgan fingerprint density at radius 3 is 2.28 bits per heavy atom. The molecule has 2 heterocycles. The van der Waals surface area contributed by atoms with Crippen molar-refractivity contribution in [1.29, 1.82) is 0 Å². The van der Waals surface area contributed by atoms with Crippen LogP contribution < -0.4 is 5.32 Å². The molecule has 1 N–H and O–H groups in total. The molecule has 0 spiro atoms. The number of benzene rings is 2. The number of aromatic nitrogens is 2. The molecule has 1 saturated heterocycles. The largest absolute Gasteiger partial charge is 0.309 e. The Kier molecular flexibility index (Phi) is 6.43. The van der Waals surface area contributed by atoms with E-state index in [-0.39, 0.29) is 11.8 Å². The van der Waals surface area contributed by atoms with Crippen molar-refractivity contribution in [2.75, 3.05) is 18.4 Å². The third-order valence-corrected chi connectivity index (χ3v) is 7.78. The predicted octanol–water partition coefficient (Wildman–Crippen LogP) is 4.04. The van der Waals surface area contributed by atoms with E-state index < -0.39 is 10.0 Å². The van der Waals surface area contributed by atoms with Crippen LogP contribution in [0.3, 0.4) is 0 Å². The third-order valence-electron chi connectivity index (χ3n) is 5.87. The zero-order valence-electron chi connectivity index (χ0n) is 18.3. The van der Waals surface area contributed by atoms with Crippen LogP contribution in [0.15, 0.2) is 71.8 Å². The number of nitrogens with one attached hydrogen (secondary N) is 1. The minimum Gasteiger partial charge on any atom is -0.309 e. The van der Waals surface area contributed by atoms with Crippen molar-refractivity contribution >= 4 is 21.7 Å². The number of rotatable bonds is 6. The van der Waals surface area contributed by atoms with Crippen molar-refractivity contribution in [1.82, 2.24) is 14.1 Å². The highest BCUT2D eigenvalue weighted by Crippen LogP contribution is 2.26. The molecule has 0 aliphatic carbocycles. The van der Waals surface area contributed by atoms with Crippen LogP contribution in [0, 0.1) is 5.92 Å². The number of amides is 1. The molecule has 0 bridgehead atoms. The lowest BCUT2D eigenvalue weighted by molar-refractivity contribution is -0.120. The van der Waals surface area contributed by atoms with Crippen LogP contribution in [0.25, 0.3) is 5.69 Å². The summed E-state index contributed by atoms with van der Waals surface area (Å²) in [6, 6.07) is 18.5. The van der Waals surface area contributed by atoms with Gasteiger partial charge < -0.3 is 5.32 Å². The zero-order chi connectivity index (χ0) is 22.7. The van der Waals surface area contributed by atoms with Gasteiger partial charge in [-0.05, 0) is 48.6 Å². The van der Waals surface area contributed by atoms with Gasteiger partial charge in [0.05, 0.1) is 10.6 Å². The van der Waals surface area contributed by atoms with E-state index in [2.05, 4.69) is 24.3 Å². The summed E-state index contributed by atoms with van der Waals surface area (Å²) >= 11 is 0. The molecule has 1 aliphatic rings. The molecule has 1 aromatic heterocycles. The van der Waals surface area contributed by atoms with E-state index in [0.717, 1.165) is 11.3 Å². The Bertz CT molecular complexity index is 1160. The van der Waals surface area contributed by atoms with Gasteiger partial charge in [0, 0.05) is 31.3 Å². The average Bonchev–Trinajstić information content (AvgIpc) is 3.28. The Balaban J connectivity index is 1.35. The second-order valence-corrected chi connectivity index (χ2v) is 10.3. The highest BCUT2D eigenvalue weighted by Gasteiger charge is 2.32. The van der Waals surface area contributed by atoms with E-state index in [0.29, 0.717) is 42.6 Å². The van der Waals surface area contributed by atoms with E-state index in [1.165, 1.54) is 4.31 Å². The fourth-order valence-electron chi connectivity index (χ4n) is 3.88. The van der Waals surface area contributed by atoms with Gasteiger partial charge in [0.15, 0.2) is 5.82 Å². The number of carbonyl (C=O) groups excluding carboxylic acids is 1. The van der Waals surface area contributed by atoms with Crippen molar-refractivity contribution in [3.05, 3.63) is 72.4 Å². The molecular weight excluding hydrogens is 424 g/mol.